The Balaban J connectivity index is 1.34. The molecular formula is C24H23N3O5S2. The minimum absolute atomic E-state index is 0.189. The number of hydrogen-bond acceptors (Lipinski definition) is 7. The van der Waals surface area contributed by atoms with Gasteiger partial charge >= 0.3 is 0 Å². The Kier molecular flexibility index (Phi) is 5.88. The second-order valence-electron chi connectivity index (χ2n) is 8.10. The van der Waals surface area contributed by atoms with Crippen LogP contribution in [0.15, 0.2) is 63.2 Å². The summed E-state index contributed by atoms with van der Waals surface area (Å²) in [5.41, 5.74) is 2.17. The zero-order valence-corrected chi connectivity index (χ0v) is 20.3. The molecule has 4 aromatic rings. The number of sulfonamides is 1. The van der Waals surface area contributed by atoms with Gasteiger partial charge in [0.25, 0.3) is 0 Å². The predicted molar refractivity (Wildman–Crippen MR) is 131 cm³/mol. The van der Waals surface area contributed by atoms with Crippen molar-refractivity contribution < 1.29 is 22.4 Å². The monoisotopic (exact) mass is 497 g/mol. The van der Waals surface area contributed by atoms with Gasteiger partial charge in [0.1, 0.15) is 11.7 Å². The lowest BCUT2D eigenvalue weighted by Crippen LogP contribution is -2.43. The number of benzene rings is 2. The third-order valence-electron chi connectivity index (χ3n) is 5.85. The number of carbonyl (C=O) groups excluding carboxylic acids is 1. The van der Waals surface area contributed by atoms with Crippen LogP contribution in [-0.4, -0.2) is 43.3 Å². The summed E-state index contributed by atoms with van der Waals surface area (Å²) in [6.07, 6.45) is 1.08. The number of methoxy groups -OCH3 is 1. The van der Waals surface area contributed by atoms with Crippen molar-refractivity contribution in [1.29, 1.82) is 0 Å². The lowest BCUT2D eigenvalue weighted by atomic mass is 10.2. The zero-order valence-electron chi connectivity index (χ0n) is 18.6. The Morgan fingerprint density at radius 3 is 2.79 bits per heavy atom. The van der Waals surface area contributed by atoms with E-state index in [0.717, 1.165) is 10.9 Å². The third-order valence-corrected chi connectivity index (χ3v) is 8.53. The maximum atomic E-state index is 13.1. The molecule has 2 aromatic heterocycles. The number of furan rings is 1. The number of ether oxygens (including phenoxy) is 1. The topological polar surface area (TPSA) is 102 Å². The van der Waals surface area contributed by atoms with Crippen LogP contribution < -0.4 is 10.1 Å². The van der Waals surface area contributed by atoms with E-state index >= 15 is 0 Å². The summed E-state index contributed by atoms with van der Waals surface area (Å²) in [7, 11) is -2.19. The molecule has 1 amide bonds. The van der Waals surface area contributed by atoms with E-state index in [9.17, 15) is 13.2 Å². The number of carbonyl (C=O) groups is 1. The van der Waals surface area contributed by atoms with E-state index in [1.54, 1.807) is 36.8 Å². The van der Waals surface area contributed by atoms with Crippen LogP contribution in [0, 0.1) is 6.92 Å². The Morgan fingerprint density at radius 1 is 1.24 bits per heavy atom. The largest absolute Gasteiger partial charge is 0.493 e. The number of amides is 1. The minimum Gasteiger partial charge on any atom is -0.493 e. The van der Waals surface area contributed by atoms with E-state index < -0.39 is 16.1 Å². The van der Waals surface area contributed by atoms with Gasteiger partial charge in [-0.3, -0.25) is 4.79 Å². The second kappa shape index (κ2) is 8.86. The van der Waals surface area contributed by atoms with E-state index in [2.05, 4.69) is 10.3 Å². The number of aryl methyl sites for hydroxylation is 1. The van der Waals surface area contributed by atoms with Crippen LogP contribution >= 0.6 is 11.3 Å². The lowest BCUT2D eigenvalue weighted by molar-refractivity contribution is -0.119. The molecule has 0 bridgehead atoms. The number of fused-ring (bicyclic) bond motifs is 1. The number of rotatable bonds is 6. The van der Waals surface area contributed by atoms with E-state index in [-0.39, 0.29) is 10.8 Å². The molecule has 1 fully saturated rings. The van der Waals surface area contributed by atoms with Crippen molar-refractivity contribution >= 4 is 43.4 Å². The molecule has 34 heavy (non-hydrogen) atoms. The molecule has 1 aliphatic heterocycles. The maximum absolute atomic E-state index is 13.1. The molecule has 2 aromatic carbocycles. The van der Waals surface area contributed by atoms with Crippen molar-refractivity contribution in [3.05, 3.63) is 59.5 Å². The van der Waals surface area contributed by atoms with Crippen LogP contribution in [0.3, 0.4) is 0 Å². The Labute approximate surface area is 201 Å². The number of anilines is 1. The molecule has 0 saturated carbocycles. The molecule has 1 aliphatic rings. The number of nitrogens with zero attached hydrogens (tertiary/aromatic N) is 2. The molecule has 0 spiro atoms. The van der Waals surface area contributed by atoms with Crippen LogP contribution in [0.4, 0.5) is 5.13 Å². The minimum atomic E-state index is -3.77. The predicted octanol–water partition coefficient (Wildman–Crippen LogP) is 4.67. The molecule has 1 unspecified atom stereocenters. The summed E-state index contributed by atoms with van der Waals surface area (Å²) in [5.74, 6) is 0.796. The number of nitrogens with one attached hydrogen (secondary N) is 1. The fraction of sp³-hybridized carbons (Fsp3) is 0.250. The highest BCUT2D eigenvalue weighted by atomic mass is 32.2. The summed E-state index contributed by atoms with van der Waals surface area (Å²) >= 11 is 1.26. The van der Waals surface area contributed by atoms with Gasteiger partial charge in [-0.1, -0.05) is 29.8 Å². The molecule has 176 valence electrons. The van der Waals surface area contributed by atoms with Crippen molar-refractivity contribution in [2.45, 2.75) is 30.7 Å². The average Bonchev–Trinajstić information content (AvgIpc) is 3.57. The first-order valence-electron chi connectivity index (χ1n) is 10.8. The number of thiazole rings is 1. The van der Waals surface area contributed by atoms with Crippen molar-refractivity contribution in [3.63, 3.8) is 0 Å². The van der Waals surface area contributed by atoms with Crippen LogP contribution in [0.2, 0.25) is 0 Å². The molecule has 0 radical (unpaired) electrons. The van der Waals surface area contributed by atoms with E-state index in [1.165, 1.54) is 15.6 Å². The van der Waals surface area contributed by atoms with Gasteiger partial charge in [0.15, 0.2) is 22.2 Å². The summed E-state index contributed by atoms with van der Waals surface area (Å²) in [6.45, 7) is 2.20. The van der Waals surface area contributed by atoms with Gasteiger partial charge in [0.05, 0.1) is 12.0 Å². The molecule has 8 nitrogen and oxygen atoms in total. The highest BCUT2D eigenvalue weighted by molar-refractivity contribution is 7.89. The third kappa shape index (κ3) is 4.08. The van der Waals surface area contributed by atoms with Gasteiger partial charge in [-0.2, -0.15) is 4.31 Å². The molecule has 1 saturated heterocycles. The highest BCUT2D eigenvalue weighted by Crippen LogP contribution is 2.35. The summed E-state index contributed by atoms with van der Waals surface area (Å²) in [4.78, 5) is 17.7. The van der Waals surface area contributed by atoms with E-state index in [1.807, 2.05) is 31.2 Å². The first-order chi connectivity index (χ1) is 16.4. The van der Waals surface area contributed by atoms with Gasteiger partial charge < -0.3 is 14.5 Å². The summed E-state index contributed by atoms with van der Waals surface area (Å²) in [5, 5.41) is 5.84. The van der Waals surface area contributed by atoms with Crippen molar-refractivity contribution in [2.24, 2.45) is 0 Å². The Hall–Kier alpha value is -3.21. The molecule has 1 atom stereocenters. The molecule has 3 heterocycles. The standard InChI is InChI=1S/C24H23N3O5S2/c1-15-8-10-17(11-9-15)34(29,30)27-12-4-6-19(27)23(28)26-24-25-18(14-33-24)21-13-16-5-3-7-20(31-2)22(16)32-21/h3,5,7-11,13-14,19H,4,6,12H2,1-2H3,(H,25,26,28). The highest BCUT2D eigenvalue weighted by Gasteiger charge is 2.39. The fourth-order valence-corrected chi connectivity index (χ4v) is 6.45. The molecule has 5 rings (SSSR count). The lowest BCUT2D eigenvalue weighted by Gasteiger charge is -2.23. The van der Waals surface area contributed by atoms with Crippen molar-refractivity contribution in [1.82, 2.24) is 9.29 Å². The van der Waals surface area contributed by atoms with Crippen molar-refractivity contribution in [2.75, 3.05) is 19.0 Å². The normalized spacial score (nSPS) is 16.7. The van der Waals surface area contributed by atoms with Gasteiger partial charge in [0.2, 0.25) is 15.9 Å². The molecule has 1 N–H and O–H groups in total. The van der Waals surface area contributed by atoms with Crippen LogP contribution in [0.1, 0.15) is 18.4 Å². The molecular weight excluding hydrogens is 474 g/mol. The second-order valence-corrected chi connectivity index (χ2v) is 10.9. The van der Waals surface area contributed by atoms with E-state index in [4.69, 9.17) is 9.15 Å². The van der Waals surface area contributed by atoms with Gasteiger partial charge in [-0.25, -0.2) is 13.4 Å². The van der Waals surface area contributed by atoms with Crippen molar-refractivity contribution in [3.8, 4) is 17.2 Å². The number of hydrogen-bond donors (Lipinski definition) is 1. The van der Waals surface area contributed by atoms with Crippen LogP contribution in [0.25, 0.3) is 22.4 Å². The number of aromatic nitrogens is 1. The molecule has 10 heteroatoms. The first kappa shape index (κ1) is 22.6. The van der Waals surface area contributed by atoms with Crippen LogP contribution in [0.5, 0.6) is 5.75 Å². The fourth-order valence-electron chi connectivity index (χ4n) is 4.09. The zero-order chi connectivity index (χ0) is 23.9. The Morgan fingerprint density at radius 2 is 2.03 bits per heavy atom. The SMILES string of the molecule is COc1cccc2cc(-c3csc(NC(=O)C4CCCN4S(=O)(=O)c4ccc(C)cc4)n3)oc12. The summed E-state index contributed by atoms with van der Waals surface area (Å²) in [6, 6.07) is 13.4. The quantitative estimate of drug-likeness (QED) is 0.416. The molecule has 0 aliphatic carbocycles. The first-order valence-corrected chi connectivity index (χ1v) is 13.1. The average molecular weight is 498 g/mol. The van der Waals surface area contributed by atoms with Gasteiger partial charge in [0, 0.05) is 17.3 Å². The van der Waals surface area contributed by atoms with Gasteiger partial charge in [-0.05, 0) is 44.0 Å². The van der Waals surface area contributed by atoms with Gasteiger partial charge in [-0.15, -0.1) is 11.3 Å². The Bertz CT molecular complexity index is 1460. The van der Waals surface area contributed by atoms with Crippen LogP contribution in [-0.2, 0) is 14.8 Å². The summed E-state index contributed by atoms with van der Waals surface area (Å²) < 4.78 is 38.9. The smallest absolute Gasteiger partial charge is 0.244 e. The maximum Gasteiger partial charge on any atom is 0.244 e. The number of para-hydroxylation sites is 1. The van der Waals surface area contributed by atoms with E-state index in [0.29, 0.717) is 47.3 Å².